The van der Waals surface area contributed by atoms with E-state index in [4.69, 9.17) is 10.6 Å². The first-order valence-electron chi connectivity index (χ1n) is 3.24. The van der Waals surface area contributed by atoms with E-state index >= 15 is 0 Å². The van der Waals surface area contributed by atoms with Crippen molar-refractivity contribution in [3.63, 3.8) is 0 Å². The zero-order valence-corrected chi connectivity index (χ0v) is 6.08. The normalized spacial score (nSPS) is 17.4. The molecule has 0 amide bonds. The molecule has 1 rings (SSSR count). The molecule has 0 bridgehead atoms. The van der Waals surface area contributed by atoms with Gasteiger partial charge in [-0.2, -0.15) is 0 Å². The highest BCUT2D eigenvalue weighted by Crippen LogP contribution is 2.04. The maximum Gasteiger partial charge on any atom is 0.0674 e. The van der Waals surface area contributed by atoms with Crippen molar-refractivity contribution in [2.45, 2.75) is 0 Å². The summed E-state index contributed by atoms with van der Waals surface area (Å²) in [6.45, 7) is 1.38. The molecule has 0 saturated carbocycles. The molecule has 0 aliphatic carbocycles. The smallest absolute Gasteiger partial charge is 0.0674 e. The summed E-state index contributed by atoms with van der Waals surface area (Å²) in [5, 5.41) is 1.74. The van der Waals surface area contributed by atoms with Gasteiger partial charge >= 0.3 is 0 Å². The SMILES string of the molecule is CON1C=CC=C(CN)C1. The fourth-order valence-electron chi connectivity index (χ4n) is 0.839. The van der Waals surface area contributed by atoms with Gasteiger partial charge in [-0.15, -0.1) is 0 Å². The molecule has 2 N–H and O–H groups in total. The Morgan fingerprint density at radius 3 is 3.20 bits per heavy atom. The number of hydrogen-bond donors (Lipinski definition) is 1. The number of rotatable bonds is 2. The molecule has 56 valence electrons. The maximum absolute atomic E-state index is 5.44. The van der Waals surface area contributed by atoms with E-state index in [9.17, 15) is 0 Å². The van der Waals surface area contributed by atoms with Gasteiger partial charge in [-0.3, -0.25) is 9.90 Å². The van der Waals surface area contributed by atoms with Gasteiger partial charge in [0.15, 0.2) is 0 Å². The number of hydrogen-bond acceptors (Lipinski definition) is 3. The highest BCUT2D eigenvalue weighted by molar-refractivity contribution is 5.18. The Morgan fingerprint density at radius 2 is 2.60 bits per heavy atom. The van der Waals surface area contributed by atoms with E-state index in [1.54, 1.807) is 12.2 Å². The first-order valence-corrected chi connectivity index (χ1v) is 3.24. The minimum Gasteiger partial charge on any atom is -0.327 e. The molecule has 3 heteroatoms. The number of nitrogens with zero attached hydrogens (tertiary/aromatic N) is 1. The third-order valence-corrected chi connectivity index (χ3v) is 1.44. The summed E-state index contributed by atoms with van der Waals surface area (Å²) in [5.74, 6) is 0. The second kappa shape index (κ2) is 3.39. The lowest BCUT2D eigenvalue weighted by molar-refractivity contribution is -0.0812. The van der Waals surface area contributed by atoms with Crippen molar-refractivity contribution >= 4 is 0 Å². The van der Waals surface area contributed by atoms with Crippen molar-refractivity contribution in [1.29, 1.82) is 0 Å². The third-order valence-electron chi connectivity index (χ3n) is 1.44. The highest BCUT2D eigenvalue weighted by atomic mass is 16.7. The van der Waals surface area contributed by atoms with Crippen LogP contribution in [0.25, 0.3) is 0 Å². The largest absolute Gasteiger partial charge is 0.327 e. The number of nitrogens with two attached hydrogens (primary N) is 1. The molecule has 1 aliphatic rings. The number of allylic oxidation sites excluding steroid dienone is 2. The van der Waals surface area contributed by atoms with Crippen molar-refractivity contribution in [2.75, 3.05) is 20.2 Å². The monoisotopic (exact) mass is 140 g/mol. The van der Waals surface area contributed by atoms with Crippen LogP contribution >= 0.6 is 0 Å². The first-order chi connectivity index (χ1) is 4.86. The second-order valence-corrected chi connectivity index (χ2v) is 2.13. The molecule has 0 aromatic rings. The zero-order valence-electron chi connectivity index (χ0n) is 6.08. The van der Waals surface area contributed by atoms with Gasteiger partial charge in [-0.25, -0.2) is 0 Å². The van der Waals surface area contributed by atoms with Crippen LogP contribution in [0.5, 0.6) is 0 Å². The van der Waals surface area contributed by atoms with Crippen molar-refractivity contribution in [3.05, 3.63) is 23.9 Å². The Balaban J connectivity index is 2.50. The molecule has 0 saturated heterocycles. The zero-order chi connectivity index (χ0) is 7.40. The second-order valence-electron chi connectivity index (χ2n) is 2.13. The molecule has 3 nitrogen and oxygen atoms in total. The Kier molecular flexibility index (Phi) is 2.48. The van der Waals surface area contributed by atoms with Crippen LogP contribution in [0.4, 0.5) is 0 Å². The minimum atomic E-state index is 0.601. The van der Waals surface area contributed by atoms with Crippen LogP contribution < -0.4 is 5.73 Å². The molecule has 0 aromatic carbocycles. The summed E-state index contributed by atoms with van der Waals surface area (Å²) in [6.07, 6.45) is 5.81. The van der Waals surface area contributed by atoms with Crippen LogP contribution in [0.15, 0.2) is 23.9 Å². The van der Waals surface area contributed by atoms with Crippen LogP contribution in [0.3, 0.4) is 0 Å². The molecule has 10 heavy (non-hydrogen) atoms. The van der Waals surface area contributed by atoms with Gasteiger partial charge in [0.1, 0.15) is 0 Å². The van der Waals surface area contributed by atoms with Crippen molar-refractivity contribution < 1.29 is 4.84 Å². The van der Waals surface area contributed by atoms with Crippen LogP contribution in [0.2, 0.25) is 0 Å². The van der Waals surface area contributed by atoms with Gasteiger partial charge in [0.05, 0.1) is 13.7 Å². The molecule has 0 unspecified atom stereocenters. The molecule has 0 atom stereocenters. The van der Waals surface area contributed by atoms with Crippen molar-refractivity contribution in [1.82, 2.24) is 5.06 Å². The van der Waals surface area contributed by atoms with Crippen LogP contribution in [-0.4, -0.2) is 25.3 Å². The minimum absolute atomic E-state index is 0.601. The quantitative estimate of drug-likeness (QED) is 0.598. The average Bonchev–Trinajstić information content (AvgIpc) is 2.05. The molecule has 1 aliphatic heterocycles. The van der Waals surface area contributed by atoms with Gasteiger partial charge in [0.25, 0.3) is 0 Å². The van der Waals surface area contributed by atoms with E-state index in [1.807, 2.05) is 18.4 Å². The van der Waals surface area contributed by atoms with E-state index in [2.05, 4.69) is 0 Å². The summed E-state index contributed by atoms with van der Waals surface area (Å²) in [6, 6.07) is 0. The van der Waals surface area contributed by atoms with E-state index < -0.39 is 0 Å². The molecule has 1 heterocycles. The lowest BCUT2D eigenvalue weighted by Gasteiger charge is -2.20. The molecular weight excluding hydrogens is 128 g/mol. The molecular formula is C7H12N2O. The van der Waals surface area contributed by atoms with E-state index in [1.165, 1.54) is 5.57 Å². The van der Waals surface area contributed by atoms with Crippen molar-refractivity contribution in [2.24, 2.45) is 5.73 Å². The number of hydroxylamine groups is 2. The third kappa shape index (κ3) is 1.59. The topological polar surface area (TPSA) is 38.5 Å². The van der Waals surface area contributed by atoms with Gasteiger partial charge in [0.2, 0.25) is 0 Å². The molecule has 0 spiro atoms. The Morgan fingerprint density at radius 1 is 1.80 bits per heavy atom. The lowest BCUT2D eigenvalue weighted by Crippen LogP contribution is -2.23. The van der Waals surface area contributed by atoms with Crippen LogP contribution in [-0.2, 0) is 4.84 Å². The Labute approximate surface area is 60.7 Å². The lowest BCUT2D eigenvalue weighted by atomic mass is 10.2. The Hall–Kier alpha value is -0.800. The molecule has 0 aromatic heterocycles. The van der Waals surface area contributed by atoms with Gasteiger partial charge in [-0.05, 0) is 11.6 Å². The van der Waals surface area contributed by atoms with E-state index in [-0.39, 0.29) is 0 Å². The first kappa shape index (κ1) is 7.31. The fraction of sp³-hybridized carbons (Fsp3) is 0.429. The van der Waals surface area contributed by atoms with Crippen molar-refractivity contribution in [3.8, 4) is 0 Å². The fourth-order valence-corrected chi connectivity index (χ4v) is 0.839. The van der Waals surface area contributed by atoms with Crippen LogP contribution in [0.1, 0.15) is 0 Å². The Bertz CT molecular complexity index is 163. The predicted molar refractivity (Wildman–Crippen MR) is 40.0 cm³/mol. The summed E-state index contributed by atoms with van der Waals surface area (Å²) in [5.41, 5.74) is 6.62. The molecule has 0 radical (unpaired) electrons. The maximum atomic E-state index is 5.44. The van der Waals surface area contributed by atoms with Gasteiger partial charge < -0.3 is 5.73 Å². The standard InChI is InChI=1S/C7H12N2O/c1-10-9-4-2-3-7(5-8)6-9/h2-4H,5-6,8H2,1H3. The summed E-state index contributed by atoms with van der Waals surface area (Å²) in [7, 11) is 1.64. The molecule has 0 fully saturated rings. The highest BCUT2D eigenvalue weighted by Gasteiger charge is 2.03. The summed E-state index contributed by atoms with van der Waals surface area (Å²) >= 11 is 0. The van der Waals surface area contributed by atoms with E-state index in [0.29, 0.717) is 6.54 Å². The summed E-state index contributed by atoms with van der Waals surface area (Å²) in [4.78, 5) is 4.97. The van der Waals surface area contributed by atoms with Crippen LogP contribution in [0, 0.1) is 0 Å². The summed E-state index contributed by atoms with van der Waals surface area (Å²) < 4.78 is 0. The van der Waals surface area contributed by atoms with Gasteiger partial charge in [0, 0.05) is 12.7 Å². The van der Waals surface area contributed by atoms with Gasteiger partial charge in [-0.1, -0.05) is 6.08 Å². The predicted octanol–water partition coefficient (Wildman–Crippen LogP) is 0.262. The van der Waals surface area contributed by atoms with E-state index in [0.717, 1.165) is 6.54 Å². The average molecular weight is 140 g/mol.